The number of hydrogen-bond acceptors (Lipinski definition) is 2. The van der Waals surface area contributed by atoms with Gasteiger partial charge in [0.05, 0.1) is 19.1 Å². The van der Waals surface area contributed by atoms with E-state index in [-0.39, 0.29) is 24.0 Å². The average molecular weight is 414 g/mol. The van der Waals surface area contributed by atoms with Gasteiger partial charge in [-0.3, -0.25) is 0 Å². The Morgan fingerprint density at radius 1 is 1.53 bits per heavy atom. The van der Waals surface area contributed by atoms with Crippen molar-refractivity contribution < 1.29 is 4.42 Å². The minimum absolute atomic E-state index is 0. The van der Waals surface area contributed by atoms with Crippen molar-refractivity contribution in [2.45, 2.75) is 13.5 Å². The predicted molar refractivity (Wildman–Crippen MR) is 85.0 cm³/mol. The van der Waals surface area contributed by atoms with Crippen LogP contribution in [0.5, 0.6) is 0 Å². The summed E-state index contributed by atoms with van der Waals surface area (Å²) in [6, 6.07) is 1.90. The molecule has 0 aliphatic carbocycles. The molecule has 1 aromatic heterocycles. The molecule has 6 heteroatoms. The maximum absolute atomic E-state index is 4.97. The zero-order chi connectivity index (χ0) is 11.8. The van der Waals surface area contributed by atoms with Gasteiger partial charge in [-0.05, 0) is 13.0 Å². The van der Waals surface area contributed by atoms with Crippen molar-refractivity contribution in [3.8, 4) is 0 Å². The molecule has 0 radical (unpaired) electrons. The SMILES string of the molecule is C=C(Br)CNC(=NCc1ccoc1)NCC.I. The molecule has 0 spiro atoms. The van der Waals surface area contributed by atoms with Crippen molar-refractivity contribution >= 4 is 45.9 Å². The number of nitrogens with one attached hydrogen (secondary N) is 2. The fraction of sp³-hybridized carbons (Fsp3) is 0.364. The number of guanidine groups is 1. The highest BCUT2D eigenvalue weighted by molar-refractivity contribution is 14.0. The molecule has 0 saturated carbocycles. The van der Waals surface area contributed by atoms with Gasteiger partial charge in [0.2, 0.25) is 0 Å². The first kappa shape index (κ1) is 16.5. The van der Waals surface area contributed by atoms with Gasteiger partial charge in [-0.15, -0.1) is 24.0 Å². The number of aliphatic imine (C=N–C) groups is 1. The molecule has 0 fully saturated rings. The Balaban J connectivity index is 0.00000256. The Hall–Kier alpha value is -0.500. The highest BCUT2D eigenvalue weighted by atomic mass is 127. The van der Waals surface area contributed by atoms with E-state index in [0.29, 0.717) is 13.1 Å². The smallest absolute Gasteiger partial charge is 0.191 e. The van der Waals surface area contributed by atoms with Crippen molar-refractivity contribution in [2.75, 3.05) is 13.1 Å². The van der Waals surface area contributed by atoms with E-state index in [1.54, 1.807) is 12.5 Å². The molecule has 17 heavy (non-hydrogen) atoms. The van der Waals surface area contributed by atoms with Crippen LogP contribution >= 0.6 is 39.9 Å². The van der Waals surface area contributed by atoms with Crippen LogP contribution in [0.1, 0.15) is 12.5 Å². The van der Waals surface area contributed by atoms with E-state index in [2.05, 4.69) is 38.1 Å². The van der Waals surface area contributed by atoms with Gasteiger partial charge in [0.1, 0.15) is 0 Å². The lowest BCUT2D eigenvalue weighted by molar-refractivity contribution is 0.564. The molecular formula is C11H17BrIN3O. The largest absolute Gasteiger partial charge is 0.472 e. The summed E-state index contributed by atoms with van der Waals surface area (Å²) in [7, 11) is 0. The summed E-state index contributed by atoms with van der Waals surface area (Å²) < 4.78 is 5.86. The van der Waals surface area contributed by atoms with Gasteiger partial charge in [-0.1, -0.05) is 22.5 Å². The van der Waals surface area contributed by atoms with E-state index < -0.39 is 0 Å². The molecule has 0 amide bonds. The molecule has 96 valence electrons. The predicted octanol–water partition coefficient (Wildman–Crippen LogP) is 2.86. The number of nitrogens with zero attached hydrogens (tertiary/aromatic N) is 1. The second-order valence-electron chi connectivity index (χ2n) is 3.20. The van der Waals surface area contributed by atoms with E-state index in [0.717, 1.165) is 22.6 Å². The first-order valence-corrected chi connectivity index (χ1v) is 5.88. The zero-order valence-electron chi connectivity index (χ0n) is 9.70. The summed E-state index contributed by atoms with van der Waals surface area (Å²) in [4.78, 5) is 4.40. The lowest BCUT2D eigenvalue weighted by Crippen LogP contribution is -2.37. The molecule has 1 heterocycles. The Kier molecular flexibility index (Phi) is 9.24. The van der Waals surface area contributed by atoms with Crippen molar-refractivity contribution in [1.82, 2.24) is 10.6 Å². The monoisotopic (exact) mass is 413 g/mol. The molecule has 0 aromatic carbocycles. The summed E-state index contributed by atoms with van der Waals surface area (Å²) >= 11 is 3.29. The second kappa shape index (κ2) is 9.52. The van der Waals surface area contributed by atoms with Crippen molar-refractivity contribution in [1.29, 1.82) is 0 Å². The van der Waals surface area contributed by atoms with E-state index >= 15 is 0 Å². The summed E-state index contributed by atoms with van der Waals surface area (Å²) in [5.74, 6) is 0.768. The third-order valence-corrected chi connectivity index (χ3v) is 2.07. The zero-order valence-corrected chi connectivity index (χ0v) is 13.6. The summed E-state index contributed by atoms with van der Waals surface area (Å²) in [6.07, 6.45) is 3.34. The van der Waals surface area contributed by atoms with Crippen LogP contribution in [-0.2, 0) is 6.54 Å². The number of hydrogen-bond donors (Lipinski definition) is 2. The van der Waals surface area contributed by atoms with E-state index in [4.69, 9.17) is 4.42 Å². The van der Waals surface area contributed by atoms with Gasteiger partial charge >= 0.3 is 0 Å². The van der Waals surface area contributed by atoms with Crippen LogP contribution < -0.4 is 10.6 Å². The molecular weight excluding hydrogens is 397 g/mol. The van der Waals surface area contributed by atoms with Crippen LogP contribution in [0.2, 0.25) is 0 Å². The maximum Gasteiger partial charge on any atom is 0.191 e. The van der Waals surface area contributed by atoms with Crippen LogP contribution in [0.15, 0.2) is 39.1 Å². The Bertz CT molecular complexity index is 352. The molecule has 4 nitrogen and oxygen atoms in total. The Morgan fingerprint density at radius 3 is 2.82 bits per heavy atom. The van der Waals surface area contributed by atoms with Gasteiger partial charge in [0.15, 0.2) is 5.96 Å². The van der Waals surface area contributed by atoms with Crippen molar-refractivity contribution in [3.05, 3.63) is 35.2 Å². The van der Waals surface area contributed by atoms with Crippen LogP contribution in [-0.4, -0.2) is 19.0 Å². The molecule has 0 aliphatic heterocycles. The summed E-state index contributed by atoms with van der Waals surface area (Å²) in [6.45, 7) is 7.85. The maximum atomic E-state index is 4.97. The lowest BCUT2D eigenvalue weighted by atomic mass is 10.3. The quantitative estimate of drug-likeness (QED) is 0.443. The standard InChI is InChI=1S/C11H16BrN3O.HI/c1-3-13-11(14-6-9(2)12)15-7-10-4-5-16-8-10;/h4-5,8H,2-3,6-7H2,1H3,(H2,13,14,15);1H. The summed E-state index contributed by atoms with van der Waals surface area (Å²) in [5.41, 5.74) is 1.05. The molecule has 0 unspecified atom stereocenters. The van der Waals surface area contributed by atoms with Crippen LogP contribution in [0, 0.1) is 0 Å². The number of furan rings is 1. The Labute approximate surface area is 127 Å². The van der Waals surface area contributed by atoms with Gasteiger partial charge in [0.25, 0.3) is 0 Å². The van der Waals surface area contributed by atoms with Crippen LogP contribution in [0.4, 0.5) is 0 Å². The van der Waals surface area contributed by atoms with Crippen LogP contribution in [0.25, 0.3) is 0 Å². The first-order valence-electron chi connectivity index (χ1n) is 5.09. The highest BCUT2D eigenvalue weighted by Crippen LogP contribution is 2.01. The third kappa shape index (κ3) is 7.43. The molecule has 1 rings (SSSR count). The Morgan fingerprint density at radius 2 is 2.29 bits per heavy atom. The summed E-state index contributed by atoms with van der Waals surface area (Å²) in [5, 5.41) is 6.29. The van der Waals surface area contributed by atoms with Gasteiger partial charge in [-0.25, -0.2) is 4.99 Å². The van der Waals surface area contributed by atoms with E-state index in [1.807, 2.05) is 13.0 Å². The van der Waals surface area contributed by atoms with Gasteiger partial charge < -0.3 is 15.1 Å². The molecule has 0 aliphatic rings. The molecule has 0 saturated heterocycles. The van der Waals surface area contributed by atoms with E-state index in [9.17, 15) is 0 Å². The minimum Gasteiger partial charge on any atom is -0.472 e. The lowest BCUT2D eigenvalue weighted by Gasteiger charge is -2.09. The molecule has 2 N–H and O–H groups in total. The van der Waals surface area contributed by atoms with Gasteiger partial charge in [0, 0.05) is 23.1 Å². The van der Waals surface area contributed by atoms with Crippen molar-refractivity contribution in [3.63, 3.8) is 0 Å². The fourth-order valence-electron chi connectivity index (χ4n) is 1.07. The normalized spacial score (nSPS) is 10.6. The fourth-order valence-corrected chi connectivity index (χ4v) is 1.21. The van der Waals surface area contributed by atoms with Crippen LogP contribution in [0.3, 0.4) is 0 Å². The van der Waals surface area contributed by atoms with E-state index in [1.165, 1.54) is 0 Å². The van der Waals surface area contributed by atoms with Crippen molar-refractivity contribution in [2.24, 2.45) is 4.99 Å². The third-order valence-electron chi connectivity index (χ3n) is 1.79. The van der Waals surface area contributed by atoms with Gasteiger partial charge in [-0.2, -0.15) is 0 Å². The molecule has 0 bridgehead atoms. The topological polar surface area (TPSA) is 49.6 Å². The molecule has 1 aromatic rings. The molecule has 0 atom stereocenters. The number of rotatable bonds is 5. The average Bonchev–Trinajstić information content (AvgIpc) is 2.75. The minimum atomic E-state index is 0. The second-order valence-corrected chi connectivity index (χ2v) is 4.32. The first-order chi connectivity index (χ1) is 7.72. The highest BCUT2D eigenvalue weighted by Gasteiger charge is 1.98. The number of halogens is 2.